The maximum atomic E-state index is 4.28. The van der Waals surface area contributed by atoms with Gasteiger partial charge in [-0.25, -0.2) is 0 Å². The Kier molecular flexibility index (Phi) is 4.03. The van der Waals surface area contributed by atoms with Crippen LogP contribution in [0, 0.1) is 0 Å². The van der Waals surface area contributed by atoms with Gasteiger partial charge in [-0.2, -0.15) is 0 Å². The van der Waals surface area contributed by atoms with Gasteiger partial charge in [0.2, 0.25) is 0 Å². The number of thioether (sulfide) groups is 1. The van der Waals surface area contributed by atoms with Crippen molar-refractivity contribution in [2.24, 2.45) is 0 Å². The molecule has 0 spiro atoms. The van der Waals surface area contributed by atoms with E-state index in [2.05, 4.69) is 30.7 Å². The zero-order chi connectivity index (χ0) is 9.90. The summed E-state index contributed by atoms with van der Waals surface area (Å²) in [5.41, 5.74) is 0. The van der Waals surface area contributed by atoms with Crippen molar-refractivity contribution in [3.05, 3.63) is 12.4 Å². The Balaban J connectivity index is 2.70. The molecule has 1 aromatic rings. The quantitative estimate of drug-likeness (QED) is 0.473. The first-order valence-electron chi connectivity index (χ1n) is 4.15. The van der Waals surface area contributed by atoms with Gasteiger partial charge in [0.25, 0.3) is 0 Å². The zero-order valence-corrected chi connectivity index (χ0v) is 12.1. The number of nitrogens with zero attached hydrogens (tertiary/aromatic N) is 2. The van der Waals surface area contributed by atoms with Crippen LogP contribution in [0.5, 0.6) is 0 Å². The van der Waals surface area contributed by atoms with Gasteiger partial charge in [-0.3, -0.25) is 0 Å². The summed E-state index contributed by atoms with van der Waals surface area (Å²) in [5, 5.41) is 0.872. The summed E-state index contributed by atoms with van der Waals surface area (Å²) in [7, 11) is 0. The second kappa shape index (κ2) is 4.64. The van der Waals surface area contributed by atoms with E-state index in [0.717, 1.165) is 5.16 Å². The van der Waals surface area contributed by atoms with Gasteiger partial charge < -0.3 is 0 Å². The molecule has 0 aliphatic carbocycles. The van der Waals surface area contributed by atoms with Crippen molar-refractivity contribution in [3.63, 3.8) is 0 Å². The summed E-state index contributed by atoms with van der Waals surface area (Å²) < 4.78 is 1.86. The predicted octanol–water partition coefficient (Wildman–Crippen LogP) is 1.75. The summed E-state index contributed by atoms with van der Waals surface area (Å²) in [6.07, 6.45) is 5.99. The molecule has 70 valence electrons. The summed E-state index contributed by atoms with van der Waals surface area (Å²) in [6, 6.07) is 0. The molecule has 0 atom stereocenters. The first-order valence-corrected chi connectivity index (χ1v) is 8.23. The average Bonchev–Trinajstić information content (AvgIpc) is 2.03. The van der Waals surface area contributed by atoms with Crippen LogP contribution in [0.25, 0.3) is 0 Å². The predicted molar refractivity (Wildman–Crippen MR) is 58.9 cm³/mol. The first-order chi connectivity index (χ1) is 6.01. The molecule has 0 aromatic carbocycles. The minimum absolute atomic E-state index is 0.480. The van der Waals surface area contributed by atoms with Gasteiger partial charge in [-0.05, 0) is 0 Å². The first kappa shape index (κ1) is 11.3. The van der Waals surface area contributed by atoms with Gasteiger partial charge >= 0.3 is 94.5 Å². The molecule has 1 rings (SSSR count). The van der Waals surface area contributed by atoms with Crippen LogP contribution in [-0.2, 0) is 0 Å². The van der Waals surface area contributed by atoms with Crippen LogP contribution in [0.1, 0.15) is 20.8 Å². The monoisotopic (exact) mass is 302 g/mol. The van der Waals surface area contributed by atoms with Crippen LogP contribution < -0.4 is 3.58 Å². The number of hydrogen-bond acceptors (Lipinski definition) is 3. The third-order valence-corrected chi connectivity index (χ3v) is 5.61. The second-order valence-corrected chi connectivity index (χ2v) is 11.2. The van der Waals surface area contributed by atoms with E-state index in [1.54, 1.807) is 11.8 Å². The molecule has 0 N–H and O–H groups in total. The standard InChI is InChI=1S/C5H5N2S.C4H9.Sn/c1-8-5-6-3-2-4-7-5;1-4(2)3;/h3-4H,1H3;1-3H3;. The molecule has 0 saturated heterocycles. The van der Waals surface area contributed by atoms with Gasteiger partial charge in [-0.1, -0.05) is 0 Å². The SMILES string of the molecule is CSc1nc[c]([Sn][C](C)(C)C)cn1. The van der Waals surface area contributed by atoms with Crippen molar-refractivity contribution < 1.29 is 0 Å². The molecule has 0 saturated carbocycles. The molecule has 0 fully saturated rings. The fourth-order valence-electron chi connectivity index (χ4n) is 0.919. The topological polar surface area (TPSA) is 25.8 Å². The number of rotatable bonds is 2. The van der Waals surface area contributed by atoms with Gasteiger partial charge in [0, 0.05) is 0 Å². The van der Waals surface area contributed by atoms with Crippen LogP contribution in [0.3, 0.4) is 0 Å². The Hall–Kier alpha value is 0.229. The molecule has 2 radical (unpaired) electrons. The summed E-state index contributed by atoms with van der Waals surface area (Å²) in [5.74, 6) is 0. The zero-order valence-electron chi connectivity index (χ0n) is 8.46. The van der Waals surface area contributed by atoms with Crippen LogP contribution in [0.2, 0.25) is 3.43 Å². The Morgan fingerprint density at radius 1 is 1.23 bits per heavy atom. The van der Waals surface area contributed by atoms with Crippen molar-refractivity contribution in [2.45, 2.75) is 29.4 Å². The van der Waals surface area contributed by atoms with Gasteiger partial charge in [0.05, 0.1) is 0 Å². The van der Waals surface area contributed by atoms with Crippen molar-refractivity contribution in [2.75, 3.05) is 6.26 Å². The van der Waals surface area contributed by atoms with Crippen LogP contribution >= 0.6 is 11.8 Å². The molecule has 0 unspecified atom stereocenters. The molecule has 1 heterocycles. The van der Waals surface area contributed by atoms with E-state index in [-0.39, 0.29) is 0 Å². The third kappa shape index (κ3) is 4.31. The van der Waals surface area contributed by atoms with Crippen LogP contribution in [-0.4, -0.2) is 37.4 Å². The maximum absolute atomic E-state index is 4.28. The van der Waals surface area contributed by atoms with E-state index in [1.807, 2.05) is 18.6 Å². The normalized spacial score (nSPS) is 11.7. The van der Waals surface area contributed by atoms with Gasteiger partial charge in [0.1, 0.15) is 0 Å². The molecule has 13 heavy (non-hydrogen) atoms. The second-order valence-electron chi connectivity index (χ2n) is 3.83. The molecule has 0 aliphatic rings. The van der Waals surface area contributed by atoms with Crippen molar-refractivity contribution in [1.29, 1.82) is 0 Å². The third-order valence-electron chi connectivity index (χ3n) is 1.33. The molecule has 2 nitrogen and oxygen atoms in total. The summed E-state index contributed by atoms with van der Waals surface area (Å²) in [4.78, 5) is 8.55. The molecular weight excluding hydrogens is 287 g/mol. The minimum atomic E-state index is -0.513. The average molecular weight is 301 g/mol. The van der Waals surface area contributed by atoms with E-state index in [4.69, 9.17) is 0 Å². The van der Waals surface area contributed by atoms with E-state index >= 15 is 0 Å². The van der Waals surface area contributed by atoms with Crippen LogP contribution in [0.15, 0.2) is 17.6 Å². The van der Waals surface area contributed by atoms with Crippen molar-refractivity contribution in [1.82, 2.24) is 9.97 Å². The molecule has 0 aliphatic heterocycles. The van der Waals surface area contributed by atoms with E-state index in [9.17, 15) is 0 Å². The molecule has 0 bridgehead atoms. The fraction of sp³-hybridized carbons (Fsp3) is 0.556. The fourth-order valence-corrected chi connectivity index (χ4v) is 4.44. The van der Waals surface area contributed by atoms with E-state index in [0.29, 0.717) is 3.43 Å². The van der Waals surface area contributed by atoms with E-state index < -0.39 is 21.1 Å². The van der Waals surface area contributed by atoms with Crippen LogP contribution in [0.4, 0.5) is 0 Å². The van der Waals surface area contributed by atoms with Crippen molar-refractivity contribution in [3.8, 4) is 0 Å². The molecule has 1 aromatic heterocycles. The Labute approximate surface area is 94.2 Å². The Morgan fingerprint density at radius 2 is 1.77 bits per heavy atom. The number of hydrogen-bond donors (Lipinski definition) is 0. The Morgan fingerprint density at radius 3 is 2.15 bits per heavy atom. The van der Waals surface area contributed by atoms with Gasteiger partial charge in [0.15, 0.2) is 0 Å². The summed E-state index contributed by atoms with van der Waals surface area (Å²) in [6.45, 7) is 6.88. The van der Waals surface area contributed by atoms with Crippen molar-refractivity contribution >= 4 is 36.5 Å². The molecule has 0 amide bonds. The van der Waals surface area contributed by atoms with Gasteiger partial charge in [-0.15, -0.1) is 0 Å². The van der Waals surface area contributed by atoms with E-state index in [1.165, 1.54) is 3.58 Å². The molecular formula is C9H14N2SSn. The summed E-state index contributed by atoms with van der Waals surface area (Å²) >= 11 is 1.08. The Bertz CT molecular complexity index is 266. The number of aromatic nitrogens is 2. The molecule has 4 heteroatoms.